The van der Waals surface area contributed by atoms with Crippen molar-refractivity contribution in [2.24, 2.45) is 0 Å². The quantitative estimate of drug-likeness (QED) is 0.721. The Morgan fingerprint density at radius 2 is 1.57 bits per heavy atom. The van der Waals surface area contributed by atoms with Crippen LogP contribution in [0.1, 0.15) is 48.0 Å². The van der Waals surface area contributed by atoms with Gasteiger partial charge in [0, 0.05) is 5.67 Å². The fourth-order valence-electron chi connectivity index (χ4n) is 2.73. The average Bonchev–Trinajstić information content (AvgIpc) is 2.55. The zero-order valence-corrected chi connectivity index (χ0v) is 16.2. The Morgan fingerprint density at radius 3 is 1.95 bits per heavy atom. The molecule has 21 heavy (non-hydrogen) atoms. The molecular weight excluding hydrogens is 282 g/mol. The van der Waals surface area contributed by atoms with Gasteiger partial charge in [-0.1, -0.05) is 19.6 Å². The lowest BCUT2D eigenvalue weighted by Gasteiger charge is -2.34. The van der Waals surface area contributed by atoms with Gasteiger partial charge in [-0.25, -0.2) is 4.79 Å². The molecule has 1 heterocycles. The van der Waals surface area contributed by atoms with E-state index >= 15 is 0 Å². The third-order valence-electron chi connectivity index (χ3n) is 3.41. The molecule has 5 heteroatoms. The van der Waals surface area contributed by atoms with Crippen LogP contribution in [-0.2, 0) is 9.47 Å². The number of carbonyl (C=O) groups excluding carboxylic acids is 1. The highest BCUT2D eigenvalue weighted by molar-refractivity contribution is 6.77. The molecule has 124 valence electrons. The lowest BCUT2D eigenvalue weighted by molar-refractivity contribution is -0.0549. The molecule has 0 unspecified atom stereocenters. The van der Waals surface area contributed by atoms with Gasteiger partial charge in [0.15, 0.2) is 0 Å². The van der Waals surface area contributed by atoms with E-state index in [-0.39, 0.29) is 23.5 Å². The summed E-state index contributed by atoms with van der Waals surface area (Å²) in [6, 6.07) is 0. The first kappa shape index (κ1) is 18.5. The summed E-state index contributed by atoms with van der Waals surface area (Å²) in [6.45, 7) is 19.5. The Bertz CT molecular complexity index is 376. The molecule has 1 aliphatic rings. The summed E-state index contributed by atoms with van der Waals surface area (Å²) in [4.78, 5) is 14.4. The van der Waals surface area contributed by atoms with Gasteiger partial charge in [-0.2, -0.15) is 0 Å². The number of nitrogens with zero attached hydrogens (tertiary/aromatic N) is 1. The van der Waals surface area contributed by atoms with Crippen molar-refractivity contribution in [1.29, 1.82) is 0 Å². The van der Waals surface area contributed by atoms with E-state index in [1.54, 1.807) is 0 Å². The molecule has 2 atom stereocenters. The van der Waals surface area contributed by atoms with Crippen LogP contribution in [0.2, 0.25) is 19.6 Å². The van der Waals surface area contributed by atoms with Crippen LogP contribution in [0.25, 0.3) is 0 Å². The Labute approximate surface area is 131 Å². The van der Waals surface area contributed by atoms with E-state index in [4.69, 9.17) is 9.47 Å². The van der Waals surface area contributed by atoms with Gasteiger partial charge in [0.25, 0.3) is 0 Å². The number of carbonyl (C=O) groups is 1. The highest BCUT2D eigenvalue weighted by Gasteiger charge is 2.45. The van der Waals surface area contributed by atoms with Crippen molar-refractivity contribution in [2.75, 3.05) is 6.54 Å². The highest BCUT2D eigenvalue weighted by Crippen LogP contribution is 2.31. The minimum Gasteiger partial charge on any atom is -0.444 e. The third kappa shape index (κ3) is 5.99. The Balaban J connectivity index is 2.86. The molecule has 0 radical (unpaired) electrons. The van der Waals surface area contributed by atoms with Crippen molar-refractivity contribution in [3.05, 3.63) is 0 Å². The Kier molecular flexibility index (Phi) is 5.21. The summed E-state index contributed by atoms with van der Waals surface area (Å²) in [7, 11) is -1.50. The highest BCUT2D eigenvalue weighted by atomic mass is 28.3. The van der Waals surface area contributed by atoms with Crippen molar-refractivity contribution < 1.29 is 14.3 Å². The van der Waals surface area contributed by atoms with Crippen LogP contribution in [0.15, 0.2) is 0 Å². The van der Waals surface area contributed by atoms with E-state index in [2.05, 4.69) is 40.4 Å². The fourth-order valence-corrected chi connectivity index (χ4v) is 4.84. The van der Waals surface area contributed by atoms with Crippen LogP contribution < -0.4 is 0 Å². The van der Waals surface area contributed by atoms with Gasteiger partial charge in [0.1, 0.15) is 5.60 Å². The maximum Gasteiger partial charge on any atom is 0.410 e. The molecule has 0 spiro atoms. The average molecular weight is 316 g/mol. The minimum atomic E-state index is -1.50. The summed E-state index contributed by atoms with van der Waals surface area (Å²) in [6.07, 6.45) is 0.829. The maximum atomic E-state index is 12.5. The van der Waals surface area contributed by atoms with Crippen LogP contribution in [0.4, 0.5) is 4.79 Å². The number of amides is 1. The zero-order chi connectivity index (χ0) is 16.6. The van der Waals surface area contributed by atoms with E-state index in [1.807, 2.05) is 25.7 Å². The molecule has 0 N–H and O–H groups in total. The second-order valence-corrected chi connectivity index (χ2v) is 14.5. The summed E-state index contributed by atoms with van der Waals surface area (Å²) in [5.41, 5.74) is -0.359. The topological polar surface area (TPSA) is 38.8 Å². The lowest BCUT2D eigenvalue weighted by Crippen LogP contribution is -2.51. The van der Waals surface area contributed by atoms with E-state index in [1.165, 1.54) is 0 Å². The van der Waals surface area contributed by atoms with Crippen LogP contribution >= 0.6 is 0 Å². The molecule has 1 aliphatic heterocycles. The summed E-state index contributed by atoms with van der Waals surface area (Å²) in [5, 5.41) is 0. The van der Waals surface area contributed by atoms with Gasteiger partial charge >= 0.3 is 6.09 Å². The van der Waals surface area contributed by atoms with Gasteiger partial charge in [-0.3, -0.25) is 0 Å². The number of hydrogen-bond donors (Lipinski definition) is 0. The van der Waals surface area contributed by atoms with Crippen LogP contribution in [0.3, 0.4) is 0 Å². The van der Waals surface area contributed by atoms with Crippen LogP contribution in [0, 0.1) is 0 Å². The maximum absolute atomic E-state index is 12.5. The van der Waals surface area contributed by atoms with Crippen LogP contribution in [0.5, 0.6) is 0 Å². The van der Waals surface area contributed by atoms with Gasteiger partial charge in [0.05, 0.1) is 26.3 Å². The van der Waals surface area contributed by atoms with Gasteiger partial charge in [-0.15, -0.1) is 0 Å². The molecule has 1 saturated heterocycles. The van der Waals surface area contributed by atoms with E-state index in [0.29, 0.717) is 6.54 Å². The van der Waals surface area contributed by atoms with Gasteiger partial charge in [0.2, 0.25) is 0 Å². The largest absolute Gasteiger partial charge is 0.444 e. The first-order chi connectivity index (χ1) is 9.19. The van der Waals surface area contributed by atoms with Crippen molar-refractivity contribution in [3.63, 3.8) is 0 Å². The van der Waals surface area contributed by atoms with Crippen LogP contribution in [-0.4, -0.2) is 48.6 Å². The number of rotatable bonds is 2. The third-order valence-corrected chi connectivity index (χ3v) is 5.96. The molecule has 0 saturated carbocycles. The molecule has 1 fully saturated rings. The minimum absolute atomic E-state index is 0.106. The first-order valence-corrected chi connectivity index (χ1v) is 11.4. The molecule has 0 aromatic carbocycles. The van der Waals surface area contributed by atoms with Gasteiger partial charge in [-0.05, 0) is 48.0 Å². The van der Waals surface area contributed by atoms with Crippen molar-refractivity contribution in [2.45, 2.75) is 90.6 Å². The molecule has 1 rings (SSSR count). The van der Waals surface area contributed by atoms with Crippen molar-refractivity contribution >= 4 is 14.2 Å². The predicted octanol–water partition coefficient (Wildman–Crippen LogP) is 4.06. The molecule has 1 amide bonds. The lowest BCUT2D eigenvalue weighted by atomic mass is 10.2. The molecule has 0 aromatic heterocycles. The monoisotopic (exact) mass is 315 g/mol. The standard InChI is InChI=1S/C16H33NO3Si/c1-15(2,3)19-12-10-13(21(7,8)9)17(11-12)14(18)20-16(4,5)6/h12-13H,10-11H2,1-9H3/t12-,13+/m0/s1. The predicted molar refractivity (Wildman–Crippen MR) is 89.3 cm³/mol. The number of ether oxygens (including phenoxy) is 2. The molecule has 0 aromatic rings. The SMILES string of the molecule is CC(C)(C)OC(=O)N1C[C@@H](OC(C)(C)C)C[C@H]1[Si](C)(C)C. The second-order valence-electron chi connectivity index (χ2n) is 9.10. The van der Waals surface area contributed by atoms with Crippen molar-refractivity contribution in [1.82, 2.24) is 4.90 Å². The summed E-state index contributed by atoms with van der Waals surface area (Å²) >= 11 is 0. The van der Waals surface area contributed by atoms with Crippen molar-refractivity contribution in [3.8, 4) is 0 Å². The van der Waals surface area contributed by atoms with E-state index in [9.17, 15) is 4.79 Å². The number of likely N-dealkylation sites (tertiary alicyclic amines) is 1. The normalized spacial score (nSPS) is 24.3. The molecule has 0 aliphatic carbocycles. The first-order valence-electron chi connectivity index (χ1n) is 7.86. The molecule has 0 bridgehead atoms. The van der Waals surface area contributed by atoms with E-state index < -0.39 is 13.7 Å². The van der Waals surface area contributed by atoms with Gasteiger partial charge < -0.3 is 14.4 Å². The van der Waals surface area contributed by atoms with E-state index in [0.717, 1.165) is 6.42 Å². The molecule has 4 nitrogen and oxygen atoms in total. The smallest absolute Gasteiger partial charge is 0.410 e. The molecular formula is C16H33NO3Si. The second kappa shape index (κ2) is 5.92. The zero-order valence-electron chi connectivity index (χ0n) is 15.2. The fraction of sp³-hybridized carbons (Fsp3) is 0.938. The summed E-state index contributed by atoms with van der Waals surface area (Å²) < 4.78 is 11.7. The Hall–Kier alpha value is -0.553. The Morgan fingerprint density at radius 1 is 1.05 bits per heavy atom. The number of hydrogen-bond acceptors (Lipinski definition) is 3. The summed E-state index contributed by atoms with van der Waals surface area (Å²) in [5.74, 6) is 0.